The molecule has 0 spiro atoms. The second kappa shape index (κ2) is 7.19. The fraction of sp³-hybridized carbons (Fsp3) is 0.200. The molecule has 1 N–H and O–H groups in total. The Balaban J connectivity index is 2.39. The van der Waals surface area contributed by atoms with Crippen LogP contribution in [0.25, 0.3) is 0 Å². The third kappa shape index (κ3) is 3.84. The quantitative estimate of drug-likeness (QED) is 0.877. The van der Waals surface area contributed by atoms with Gasteiger partial charge >= 0.3 is 0 Å². The van der Waals surface area contributed by atoms with E-state index < -0.39 is 15.8 Å². The van der Waals surface area contributed by atoms with Crippen LogP contribution in [0.15, 0.2) is 53.4 Å². The minimum absolute atomic E-state index is 0.0580. The molecule has 2 aromatic rings. The smallest absolute Gasteiger partial charge is 0.245 e. The molecule has 0 radical (unpaired) electrons. The van der Waals surface area contributed by atoms with Gasteiger partial charge in [-0.05, 0) is 23.8 Å². The molecule has 4 nitrogen and oxygen atoms in total. The Bertz CT molecular complexity index is 738. The zero-order valence-corrected chi connectivity index (χ0v) is 13.2. The van der Waals surface area contributed by atoms with Gasteiger partial charge in [-0.25, -0.2) is 12.8 Å². The number of halogens is 2. The van der Waals surface area contributed by atoms with Crippen molar-refractivity contribution in [3.63, 3.8) is 0 Å². The van der Waals surface area contributed by atoms with Crippen LogP contribution in [-0.2, 0) is 16.6 Å². The second-order valence-corrected chi connectivity index (χ2v) is 6.94. The first-order valence-electron chi connectivity index (χ1n) is 6.55. The summed E-state index contributed by atoms with van der Waals surface area (Å²) in [6, 6.07) is 12.1. The number of sulfonamides is 1. The van der Waals surface area contributed by atoms with Gasteiger partial charge < -0.3 is 5.11 Å². The van der Waals surface area contributed by atoms with Gasteiger partial charge in [-0.2, -0.15) is 4.31 Å². The number of nitrogens with zero attached hydrogens (tertiary/aromatic N) is 1. The summed E-state index contributed by atoms with van der Waals surface area (Å²) in [5.41, 5.74) is 0.757. The number of aliphatic hydroxyl groups is 1. The number of hydrogen-bond donors (Lipinski definition) is 1. The molecule has 2 rings (SSSR count). The fourth-order valence-corrected chi connectivity index (χ4v) is 3.90. The van der Waals surface area contributed by atoms with Gasteiger partial charge in [-0.15, -0.1) is 0 Å². The van der Waals surface area contributed by atoms with Gasteiger partial charge in [0, 0.05) is 13.1 Å². The highest BCUT2D eigenvalue weighted by atomic mass is 35.5. The van der Waals surface area contributed by atoms with Gasteiger partial charge in [0.15, 0.2) is 0 Å². The summed E-state index contributed by atoms with van der Waals surface area (Å²) in [5.74, 6) is -0.688. The predicted molar refractivity (Wildman–Crippen MR) is 82.5 cm³/mol. The van der Waals surface area contributed by atoms with Crippen LogP contribution in [0.1, 0.15) is 5.56 Å². The summed E-state index contributed by atoms with van der Waals surface area (Å²) in [7, 11) is -4.01. The van der Waals surface area contributed by atoms with E-state index in [0.717, 1.165) is 22.0 Å². The average molecular weight is 344 g/mol. The molecule has 0 unspecified atom stereocenters. The van der Waals surface area contributed by atoms with Crippen LogP contribution in [0.5, 0.6) is 0 Å². The van der Waals surface area contributed by atoms with E-state index in [-0.39, 0.29) is 29.6 Å². The molecule has 0 saturated heterocycles. The first-order chi connectivity index (χ1) is 10.4. The van der Waals surface area contributed by atoms with Gasteiger partial charge in [0.1, 0.15) is 10.7 Å². The largest absolute Gasteiger partial charge is 0.395 e. The van der Waals surface area contributed by atoms with Gasteiger partial charge in [0.05, 0.1) is 11.6 Å². The monoisotopic (exact) mass is 343 g/mol. The Labute approximate surface area is 133 Å². The first kappa shape index (κ1) is 16.9. The van der Waals surface area contributed by atoms with E-state index in [9.17, 15) is 12.8 Å². The van der Waals surface area contributed by atoms with E-state index in [1.54, 1.807) is 24.3 Å². The molecule has 0 bridgehead atoms. The minimum atomic E-state index is -4.01. The van der Waals surface area contributed by atoms with E-state index in [1.165, 1.54) is 6.07 Å². The Morgan fingerprint density at radius 1 is 1.14 bits per heavy atom. The van der Waals surface area contributed by atoms with Crippen molar-refractivity contribution in [2.24, 2.45) is 0 Å². The molecular formula is C15H15ClFNO3S. The first-order valence-corrected chi connectivity index (χ1v) is 8.37. The van der Waals surface area contributed by atoms with Crippen molar-refractivity contribution in [1.82, 2.24) is 4.31 Å². The van der Waals surface area contributed by atoms with E-state index in [2.05, 4.69) is 0 Å². The highest BCUT2D eigenvalue weighted by Crippen LogP contribution is 2.26. The third-order valence-corrected chi connectivity index (χ3v) is 5.39. The van der Waals surface area contributed by atoms with E-state index >= 15 is 0 Å². The highest BCUT2D eigenvalue weighted by molar-refractivity contribution is 7.89. The minimum Gasteiger partial charge on any atom is -0.395 e. The van der Waals surface area contributed by atoms with Crippen LogP contribution in [-0.4, -0.2) is 31.0 Å². The van der Waals surface area contributed by atoms with E-state index in [0.29, 0.717) is 0 Å². The molecule has 22 heavy (non-hydrogen) atoms. The maximum atomic E-state index is 13.4. The summed E-state index contributed by atoms with van der Waals surface area (Å²) in [5, 5.41) is 9.08. The summed E-state index contributed by atoms with van der Waals surface area (Å²) < 4.78 is 39.8. The van der Waals surface area contributed by atoms with Gasteiger partial charge in [0.25, 0.3) is 0 Å². The molecular weight excluding hydrogens is 329 g/mol. The van der Waals surface area contributed by atoms with Crippen LogP contribution >= 0.6 is 11.6 Å². The molecule has 0 aliphatic heterocycles. The zero-order chi connectivity index (χ0) is 16.2. The van der Waals surface area contributed by atoms with E-state index in [1.807, 2.05) is 6.07 Å². The molecule has 0 fully saturated rings. The lowest BCUT2D eigenvalue weighted by Gasteiger charge is -2.22. The van der Waals surface area contributed by atoms with E-state index in [4.69, 9.17) is 16.7 Å². The molecule has 0 aliphatic rings. The lowest BCUT2D eigenvalue weighted by atomic mass is 10.2. The lowest BCUT2D eigenvalue weighted by molar-refractivity contribution is 0.251. The van der Waals surface area contributed by atoms with Gasteiger partial charge in [0.2, 0.25) is 10.0 Å². The van der Waals surface area contributed by atoms with Crippen LogP contribution in [0.4, 0.5) is 4.39 Å². The summed E-state index contributed by atoms with van der Waals surface area (Å²) >= 11 is 5.89. The Kier molecular flexibility index (Phi) is 5.52. The summed E-state index contributed by atoms with van der Waals surface area (Å²) in [6.45, 7) is -0.389. The third-order valence-electron chi connectivity index (χ3n) is 3.06. The molecule has 0 aromatic heterocycles. The Morgan fingerprint density at radius 3 is 2.45 bits per heavy atom. The summed E-state index contributed by atoms with van der Waals surface area (Å²) in [4.78, 5) is -0.307. The van der Waals surface area contributed by atoms with Crippen LogP contribution < -0.4 is 0 Å². The zero-order valence-electron chi connectivity index (χ0n) is 11.6. The number of rotatable bonds is 6. The van der Waals surface area contributed by atoms with Crippen molar-refractivity contribution in [2.75, 3.05) is 13.2 Å². The number of aliphatic hydroxyl groups excluding tert-OH is 1. The van der Waals surface area contributed by atoms with Crippen LogP contribution in [0, 0.1) is 5.82 Å². The molecule has 7 heteroatoms. The maximum Gasteiger partial charge on any atom is 0.245 e. The SMILES string of the molecule is O=S(=O)(c1cc(F)ccc1Cl)N(CCO)Cc1ccccc1. The van der Waals surface area contributed by atoms with Crippen molar-refractivity contribution in [3.8, 4) is 0 Å². The molecule has 0 atom stereocenters. The summed E-state index contributed by atoms with van der Waals surface area (Å²) in [6.07, 6.45) is 0. The molecule has 0 saturated carbocycles. The molecule has 0 heterocycles. The molecule has 0 aliphatic carbocycles. The Hall–Kier alpha value is -1.47. The average Bonchev–Trinajstić information content (AvgIpc) is 2.50. The van der Waals surface area contributed by atoms with Crippen molar-refractivity contribution in [2.45, 2.75) is 11.4 Å². The van der Waals surface area contributed by atoms with Crippen molar-refractivity contribution >= 4 is 21.6 Å². The second-order valence-electron chi connectivity index (χ2n) is 4.62. The van der Waals surface area contributed by atoms with Crippen molar-refractivity contribution < 1.29 is 17.9 Å². The topological polar surface area (TPSA) is 57.6 Å². The van der Waals surface area contributed by atoms with Crippen LogP contribution in [0.3, 0.4) is 0 Å². The molecule has 0 amide bonds. The number of hydrogen-bond acceptors (Lipinski definition) is 3. The highest BCUT2D eigenvalue weighted by Gasteiger charge is 2.27. The number of benzene rings is 2. The van der Waals surface area contributed by atoms with Crippen molar-refractivity contribution in [3.05, 3.63) is 64.9 Å². The lowest BCUT2D eigenvalue weighted by Crippen LogP contribution is -2.33. The standard InChI is InChI=1S/C15H15ClFNO3S/c16-14-7-6-13(17)10-15(14)22(20,21)18(8-9-19)11-12-4-2-1-3-5-12/h1-7,10,19H,8-9,11H2. The fourth-order valence-electron chi connectivity index (χ4n) is 2.00. The normalized spacial score (nSPS) is 11.8. The molecule has 2 aromatic carbocycles. The van der Waals surface area contributed by atoms with Gasteiger partial charge in [-0.1, -0.05) is 41.9 Å². The molecule has 118 valence electrons. The predicted octanol–water partition coefficient (Wildman–Crippen LogP) is 2.66. The van der Waals surface area contributed by atoms with Gasteiger partial charge in [-0.3, -0.25) is 0 Å². The maximum absolute atomic E-state index is 13.4. The Morgan fingerprint density at radius 2 is 1.82 bits per heavy atom. The van der Waals surface area contributed by atoms with Crippen molar-refractivity contribution in [1.29, 1.82) is 0 Å². The van der Waals surface area contributed by atoms with Crippen LogP contribution in [0.2, 0.25) is 5.02 Å².